The fourth-order valence-corrected chi connectivity index (χ4v) is 2.43. The number of carbonyl (C=O) groups is 2. The summed E-state index contributed by atoms with van der Waals surface area (Å²) in [6.45, 7) is 1.63. The number of Topliss-reactive ketones (excluding diaryl/α,β-unsaturated/α-hetero) is 1. The van der Waals surface area contributed by atoms with Crippen LogP contribution in [0, 0.1) is 11.3 Å². The molecule has 1 amide bonds. The molecule has 0 saturated heterocycles. The zero-order valence-corrected chi connectivity index (χ0v) is 14.2. The van der Waals surface area contributed by atoms with Gasteiger partial charge in [-0.15, -0.1) is 0 Å². The summed E-state index contributed by atoms with van der Waals surface area (Å²) in [7, 11) is 1.77. The number of anilines is 1. The van der Waals surface area contributed by atoms with E-state index in [2.05, 4.69) is 6.07 Å². The monoisotopic (exact) mass is 314 g/mol. The number of carbonyl (C=O) groups excluding carboxylic acids is 2. The fraction of sp³-hybridized carbons (Fsp3) is 0.526. The van der Waals surface area contributed by atoms with Gasteiger partial charge in [-0.2, -0.15) is 5.26 Å². The van der Waals surface area contributed by atoms with E-state index in [4.69, 9.17) is 5.26 Å². The molecule has 1 aromatic carbocycles. The van der Waals surface area contributed by atoms with Gasteiger partial charge in [-0.1, -0.05) is 25.7 Å². The van der Waals surface area contributed by atoms with Gasteiger partial charge in [-0.25, -0.2) is 0 Å². The van der Waals surface area contributed by atoms with Crippen LogP contribution in [0.1, 0.15) is 63.9 Å². The van der Waals surface area contributed by atoms with Crippen molar-refractivity contribution in [1.82, 2.24) is 0 Å². The Morgan fingerprint density at radius 3 is 2.00 bits per heavy atom. The topological polar surface area (TPSA) is 61.2 Å². The van der Waals surface area contributed by atoms with E-state index >= 15 is 0 Å². The first-order chi connectivity index (χ1) is 11.0. The molecule has 0 fully saturated rings. The lowest BCUT2D eigenvalue weighted by molar-refractivity contribution is -0.118. The standard InChI is InChI=1S/C19H26N2O2/c1-16(22)9-7-5-3-4-6-8-10-19(23)21(2)18-13-11-17(15-20)12-14-18/h11-14H,3-10H2,1-2H3. The minimum atomic E-state index is 0.103. The van der Waals surface area contributed by atoms with Gasteiger partial charge >= 0.3 is 0 Å². The van der Waals surface area contributed by atoms with Crippen LogP contribution in [0.25, 0.3) is 0 Å². The molecule has 0 spiro atoms. The van der Waals surface area contributed by atoms with Crippen LogP contribution in [-0.4, -0.2) is 18.7 Å². The molecule has 0 saturated carbocycles. The van der Waals surface area contributed by atoms with Gasteiger partial charge in [0.25, 0.3) is 0 Å². The predicted octanol–water partition coefficient (Wildman–Crippen LogP) is 4.23. The molecule has 0 aromatic heterocycles. The van der Waals surface area contributed by atoms with E-state index in [1.54, 1.807) is 43.1 Å². The molecule has 0 bridgehead atoms. The molecule has 23 heavy (non-hydrogen) atoms. The third-order valence-corrected chi connectivity index (χ3v) is 3.93. The Morgan fingerprint density at radius 1 is 0.957 bits per heavy atom. The van der Waals surface area contributed by atoms with Gasteiger partial charge in [0, 0.05) is 25.6 Å². The Labute approximate surface area is 139 Å². The molecule has 0 unspecified atom stereocenters. The number of nitrogens with zero attached hydrogens (tertiary/aromatic N) is 2. The first-order valence-corrected chi connectivity index (χ1v) is 8.30. The number of benzene rings is 1. The van der Waals surface area contributed by atoms with Gasteiger partial charge in [-0.3, -0.25) is 4.79 Å². The number of hydrogen-bond donors (Lipinski definition) is 0. The van der Waals surface area contributed by atoms with Crippen LogP contribution in [0.2, 0.25) is 0 Å². The molecule has 0 aliphatic heterocycles. The third kappa shape index (κ3) is 7.60. The van der Waals surface area contributed by atoms with Crippen molar-refractivity contribution in [3.63, 3.8) is 0 Å². The van der Waals surface area contributed by atoms with Crippen molar-refractivity contribution < 1.29 is 9.59 Å². The minimum absolute atomic E-state index is 0.103. The van der Waals surface area contributed by atoms with Crippen LogP contribution >= 0.6 is 0 Å². The largest absolute Gasteiger partial charge is 0.316 e. The molecule has 0 N–H and O–H groups in total. The van der Waals surface area contributed by atoms with Crippen molar-refractivity contribution in [3.8, 4) is 6.07 Å². The highest BCUT2D eigenvalue weighted by atomic mass is 16.2. The van der Waals surface area contributed by atoms with Crippen LogP contribution < -0.4 is 4.90 Å². The van der Waals surface area contributed by atoms with Crippen LogP contribution in [0.4, 0.5) is 5.69 Å². The third-order valence-electron chi connectivity index (χ3n) is 3.93. The van der Waals surface area contributed by atoms with Crippen LogP contribution in [0.3, 0.4) is 0 Å². The maximum absolute atomic E-state index is 12.1. The maximum atomic E-state index is 12.1. The number of hydrogen-bond acceptors (Lipinski definition) is 3. The summed E-state index contributed by atoms with van der Waals surface area (Å²) in [5.41, 5.74) is 1.41. The number of nitriles is 1. The summed E-state index contributed by atoms with van der Waals surface area (Å²) in [6.07, 6.45) is 7.50. The van der Waals surface area contributed by atoms with Crippen molar-refractivity contribution in [2.45, 2.75) is 58.3 Å². The van der Waals surface area contributed by atoms with E-state index in [1.807, 2.05) is 0 Å². The Morgan fingerprint density at radius 2 is 1.48 bits per heavy atom. The van der Waals surface area contributed by atoms with Gasteiger partial charge in [0.2, 0.25) is 5.91 Å². The second-order valence-electron chi connectivity index (χ2n) is 5.93. The first kappa shape index (κ1) is 18.9. The lowest BCUT2D eigenvalue weighted by Crippen LogP contribution is -2.25. The number of ketones is 1. The molecular weight excluding hydrogens is 288 g/mol. The Kier molecular flexibility index (Phi) is 8.67. The molecule has 4 heteroatoms. The van der Waals surface area contributed by atoms with Gasteiger partial charge in [-0.05, 0) is 44.0 Å². The number of unbranched alkanes of at least 4 members (excludes halogenated alkanes) is 5. The summed E-state index contributed by atoms with van der Waals surface area (Å²) < 4.78 is 0. The second kappa shape index (κ2) is 10.6. The first-order valence-electron chi connectivity index (χ1n) is 8.30. The predicted molar refractivity (Wildman–Crippen MR) is 92.2 cm³/mol. The molecule has 0 atom stereocenters. The number of amides is 1. The molecular formula is C19H26N2O2. The minimum Gasteiger partial charge on any atom is -0.316 e. The Bertz CT molecular complexity index is 543. The zero-order valence-electron chi connectivity index (χ0n) is 14.2. The molecule has 1 aromatic rings. The van der Waals surface area contributed by atoms with Gasteiger partial charge in [0.1, 0.15) is 5.78 Å². The molecule has 1 rings (SSSR count). The van der Waals surface area contributed by atoms with E-state index in [0.29, 0.717) is 18.4 Å². The van der Waals surface area contributed by atoms with Crippen molar-refractivity contribution >= 4 is 17.4 Å². The van der Waals surface area contributed by atoms with Crippen molar-refractivity contribution in [1.29, 1.82) is 5.26 Å². The van der Waals surface area contributed by atoms with Gasteiger partial charge in [0.15, 0.2) is 0 Å². The summed E-state index contributed by atoms with van der Waals surface area (Å²) in [5.74, 6) is 0.368. The van der Waals surface area contributed by atoms with Gasteiger partial charge < -0.3 is 9.69 Å². The summed E-state index contributed by atoms with van der Waals surface area (Å²) in [4.78, 5) is 24.6. The Hall–Kier alpha value is -2.15. The smallest absolute Gasteiger partial charge is 0.226 e. The summed E-state index contributed by atoms with van der Waals surface area (Å²) in [6, 6.07) is 9.11. The van der Waals surface area contributed by atoms with Gasteiger partial charge in [0.05, 0.1) is 11.6 Å². The van der Waals surface area contributed by atoms with Crippen molar-refractivity contribution in [2.24, 2.45) is 0 Å². The molecule has 0 aliphatic carbocycles. The van der Waals surface area contributed by atoms with Crippen LogP contribution in [-0.2, 0) is 9.59 Å². The molecule has 4 nitrogen and oxygen atoms in total. The summed E-state index contributed by atoms with van der Waals surface area (Å²) in [5, 5.41) is 8.78. The lowest BCUT2D eigenvalue weighted by atomic mass is 10.1. The fourth-order valence-electron chi connectivity index (χ4n) is 2.43. The van der Waals surface area contributed by atoms with Crippen LogP contribution in [0.15, 0.2) is 24.3 Å². The van der Waals surface area contributed by atoms with Crippen molar-refractivity contribution in [2.75, 3.05) is 11.9 Å². The molecule has 0 aliphatic rings. The average Bonchev–Trinajstić information content (AvgIpc) is 2.56. The molecule has 0 radical (unpaired) electrons. The zero-order chi connectivity index (χ0) is 17.1. The van der Waals surface area contributed by atoms with E-state index in [0.717, 1.165) is 44.2 Å². The van der Waals surface area contributed by atoms with Crippen LogP contribution in [0.5, 0.6) is 0 Å². The SMILES string of the molecule is CC(=O)CCCCCCCCC(=O)N(C)c1ccc(C#N)cc1. The van der Waals surface area contributed by atoms with E-state index in [-0.39, 0.29) is 11.7 Å². The second-order valence-corrected chi connectivity index (χ2v) is 5.93. The highest BCUT2D eigenvalue weighted by Crippen LogP contribution is 2.16. The maximum Gasteiger partial charge on any atom is 0.226 e. The van der Waals surface area contributed by atoms with E-state index in [9.17, 15) is 9.59 Å². The Balaban J connectivity index is 2.18. The highest BCUT2D eigenvalue weighted by molar-refractivity contribution is 5.92. The normalized spacial score (nSPS) is 10.1. The molecule has 124 valence electrons. The number of rotatable bonds is 10. The van der Waals surface area contributed by atoms with Crippen molar-refractivity contribution in [3.05, 3.63) is 29.8 Å². The molecule has 0 heterocycles. The van der Waals surface area contributed by atoms with E-state index < -0.39 is 0 Å². The average molecular weight is 314 g/mol. The summed E-state index contributed by atoms with van der Waals surface area (Å²) >= 11 is 0. The lowest BCUT2D eigenvalue weighted by Gasteiger charge is -2.17. The quantitative estimate of drug-likeness (QED) is 0.607. The highest BCUT2D eigenvalue weighted by Gasteiger charge is 2.10. The van der Waals surface area contributed by atoms with E-state index in [1.165, 1.54) is 0 Å².